The molecule has 1 heterocycles. The maximum atomic E-state index is 10.9. The van der Waals surface area contributed by atoms with Crippen LogP contribution < -0.4 is 0 Å². The number of hydrogen-bond donors (Lipinski definition) is 1. The maximum absolute atomic E-state index is 10.9. The van der Waals surface area contributed by atoms with Crippen LogP contribution in [0.3, 0.4) is 0 Å². The van der Waals surface area contributed by atoms with Crippen molar-refractivity contribution in [2.45, 2.75) is 50.2 Å². The summed E-state index contributed by atoms with van der Waals surface area (Å²) in [4.78, 5) is 0. The lowest BCUT2D eigenvalue weighted by atomic mass is 9.61. The molecule has 0 bridgehead atoms. The number of ether oxygens (including phenoxy) is 2. The van der Waals surface area contributed by atoms with Gasteiger partial charge in [0, 0.05) is 26.7 Å². The summed E-state index contributed by atoms with van der Waals surface area (Å²) in [5.41, 5.74) is -1.53. The fraction of sp³-hybridized carbons (Fsp3) is 0.923. The van der Waals surface area contributed by atoms with E-state index in [0.717, 1.165) is 12.8 Å². The predicted molar refractivity (Wildman–Crippen MR) is 62.3 cm³/mol. The number of aliphatic hydroxyl groups is 1. The van der Waals surface area contributed by atoms with E-state index < -0.39 is 11.0 Å². The second kappa shape index (κ2) is 4.93. The van der Waals surface area contributed by atoms with Gasteiger partial charge in [-0.25, -0.2) is 0 Å². The molecule has 4 heteroatoms. The molecule has 1 aliphatic carbocycles. The Morgan fingerprint density at radius 2 is 2.06 bits per heavy atom. The smallest absolute Gasteiger partial charge is 0.0904 e. The third-order valence-electron chi connectivity index (χ3n) is 4.47. The van der Waals surface area contributed by atoms with Crippen LogP contribution in [0.15, 0.2) is 0 Å². The molecular formula is C13H21NO3. The molecule has 0 aromatic heterocycles. The van der Waals surface area contributed by atoms with Crippen LogP contribution in [0.5, 0.6) is 0 Å². The molecule has 96 valence electrons. The van der Waals surface area contributed by atoms with Crippen molar-refractivity contribution in [3.8, 4) is 6.07 Å². The van der Waals surface area contributed by atoms with Crippen molar-refractivity contribution in [1.82, 2.24) is 0 Å². The van der Waals surface area contributed by atoms with Crippen molar-refractivity contribution in [3.63, 3.8) is 0 Å². The summed E-state index contributed by atoms with van der Waals surface area (Å²) in [5, 5.41) is 20.4. The molecule has 1 aliphatic heterocycles. The number of nitriles is 1. The molecule has 1 saturated carbocycles. The highest BCUT2D eigenvalue weighted by molar-refractivity contribution is 5.14. The van der Waals surface area contributed by atoms with Crippen LogP contribution in [-0.2, 0) is 9.47 Å². The molecule has 1 N–H and O–H groups in total. The van der Waals surface area contributed by atoms with E-state index >= 15 is 0 Å². The van der Waals surface area contributed by atoms with Crippen molar-refractivity contribution in [2.24, 2.45) is 5.41 Å². The molecule has 2 rings (SSSR count). The van der Waals surface area contributed by atoms with Gasteiger partial charge < -0.3 is 14.6 Å². The first kappa shape index (κ1) is 12.8. The molecule has 0 spiro atoms. The number of methoxy groups -OCH3 is 1. The molecule has 2 atom stereocenters. The van der Waals surface area contributed by atoms with E-state index in [0.29, 0.717) is 38.9 Å². The number of nitrogens with zero attached hydrogens (tertiary/aromatic N) is 1. The second-order valence-electron chi connectivity index (χ2n) is 5.29. The van der Waals surface area contributed by atoms with Crippen molar-refractivity contribution in [3.05, 3.63) is 0 Å². The Balaban J connectivity index is 2.19. The minimum Gasteiger partial charge on any atom is -0.388 e. The van der Waals surface area contributed by atoms with Gasteiger partial charge in [-0.15, -0.1) is 0 Å². The Morgan fingerprint density at radius 3 is 2.65 bits per heavy atom. The summed E-state index contributed by atoms with van der Waals surface area (Å²) in [6, 6.07) is 2.39. The quantitative estimate of drug-likeness (QED) is 0.795. The minimum absolute atomic E-state index is 0.0850. The minimum atomic E-state index is -0.898. The summed E-state index contributed by atoms with van der Waals surface area (Å²) >= 11 is 0. The zero-order chi connectivity index (χ0) is 12.4. The van der Waals surface area contributed by atoms with Crippen LogP contribution in [0.25, 0.3) is 0 Å². The molecule has 4 nitrogen and oxygen atoms in total. The summed E-state index contributed by atoms with van der Waals surface area (Å²) in [5.74, 6) is 0. The molecule has 0 amide bonds. The van der Waals surface area contributed by atoms with E-state index in [2.05, 4.69) is 6.07 Å². The van der Waals surface area contributed by atoms with Gasteiger partial charge in [-0.3, -0.25) is 0 Å². The molecule has 0 radical (unpaired) electrons. The molecule has 0 aromatic carbocycles. The average molecular weight is 239 g/mol. The zero-order valence-corrected chi connectivity index (χ0v) is 10.4. The Morgan fingerprint density at radius 1 is 1.35 bits per heavy atom. The highest BCUT2D eigenvalue weighted by Crippen LogP contribution is 2.48. The van der Waals surface area contributed by atoms with Gasteiger partial charge >= 0.3 is 0 Å². The molecule has 17 heavy (non-hydrogen) atoms. The lowest BCUT2D eigenvalue weighted by Crippen LogP contribution is -2.54. The topological polar surface area (TPSA) is 62.5 Å². The predicted octanol–water partition coefficient (Wildman–Crippen LogP) is 1.63. The van der Waals surface area contributed by atoms with Crippen molar-refractivity contribution < 1.29 is 14.6 Å². The maximum Gasteiger partial charge on any atom is 0.0904 e. The van der Waals surface area contributed by atoms with Crippen LogP contribution in [0.2, 0.25) is 0 Å². The van der Waals surface area contributed by atoms with Gasteiger partial charge in [0.15, 0.2) is 0 Å². The van der Waals surface area contributed by atoms with E-state index in [1.54, 1.807) is 7.11 Å². The Bertz CT molecular complexity index is 306. The standard InChI is InChI=1S/C13H21NO3/c1-16-11-3-2-4-13(15,9-11)12(10-14)5-7-17-8-6-12/h11,15H,2-9H2,1H3. The van der Waals surface area contributed by atoms with Crippen LogP contribution in [0, 0.1) is 16.7 Å². The molecule has 1 saturated heterocycles. The fourth-order valence-corrected chi connectivity index (χ4v) is 3.24. The summed E-state index contributed by atoms with van der Waals surface area (Å²) in [7, 11) is 1.68. The van der Waals surface area contributed by atoms with Gasteiger partial charge in [-0.05, 0) is 32.1 Å². The normalized spacial score (nSPS) is 37.4. The van der Waals surface area contributed by atoms with Crippen LogP contribution in [0.1, 0.15) is 38.5 Å². The average Bonchev–Trinajstić information content (AvgIpc) is 2.39. The largest absolute Gasteiger partial charge is 0.388 e. The number of rotatable bonds is 2. The number of hydrogen-bond acceptors (Lipinski definition) is 4. The van der Waals surface area contributed by atoms with Crippen molar-refractivity contribution in [1.29, 1.82) is 5.26 Å². The van der Waals surface area contributed by atoms with Crippen molar-refractivity contribution in [2.75, 3.05) is 20.3 Å². The first-order chi connectivity index (χ1) is 8.16. The fourth-order valence-electron chi connectivity index (χ4n) is 3.24. The Labute approximate surface area is 103 Å². The van der Waals surface area contributed by atoms with Gasteiger partial charge in [-0.1, -0.05) is 0 Å². The molecule has 0 aromatic rings. The zero-order valence-electron chi connectivity index (χ0n) is 10.4. The highest BCUT2D eigenvalue weighted by Gasteiger charge is 2.53. The van der Waals surface area contributed by atoms with Gasteiger partial charge in [0.25, 0.3) is 0 Å². The van der Waals surface area contributed by atoms with E-state index in [-0.39, 0.29) is 6.10 Å². The van der Waals surface area contributed by atoms with E-state index in [1.165, 1.54) is 0 Å². The first-order valence-electron chi connectivity index (χ1n) is 6.40. The van der Waals surface area contributed by atoms with Gasteiger partial charge in [-0.2, -0.15) is 5.26 Å². The monoisotopic (exact) mass is 239 g/mol. The summed E-state index contributed by atoms with van der Waals surface area (Å²) in [6.07, 6.45) is 4.56. The van der Waals surface area contributed by atoms with Gasteiger partial charge in [0.2, 0.25) is 0 Å². The van der Waals surface area contributed by atoms with Crippen molar-refractivity contribution >= 4 is 0 Å². The first-order valence-corrected chi connectivity index (χ1v) is 6.40. The molecule has 2 fully saturated rings. The Hall–Kier alpha value is -0.630. The molecule has 2 aliphatic rings. The lowest BCUT2D eigenvalue weighted by Gasteiger charge is -2.48. The van der Waals surface area contributed by atoms with Crippen LogP contribution >= 0.6 is 0 Å². The lowest BCUT2D eigenvalue weighted by molar-refractivity contribution is -0.147. The van der Waals surface area contributed by atoms with E-state index in [1.807, 2.05) is 0 Å². The summed E-state index contributed by atoms with van der Waals surface area (Å²) < 4.78 is 10.7. The van der Waals surface area contributed by atoms with Crippen LogP contribution in [-0.4, -0.2) is 37.1 Å². The Kier molecular flexibility index (Phi) is 3.72. The second-order valence-corrected chi connectivity index (χ2v) is 5.29. The van der Waals surface area contributed by atoms with Gasteiger partial charge in [0.1, 0.15) is 0 Å². The van der Waals surface area contributed by atoms with Gasteiger partial charge in [0.05, 0.1) is 23.2 Å². The summed E-state index contributed by atoms with van der Waals surface area (Å²) in [6.45, 7) is 1.15. The molecular weight excluding hydrogens is 218 g/mol. The van der Waals surface area contributed by atoms with Crippen LogP contribution in [0.4, 0.5) is 0 Å². The third-order valence-corrected chi connectivity index (χ3v) is 4.47. The van der Waals surface area contributed by atoms with E-state index in [4.69, 9.17) is 9.47 Å². The SMILES string of the molecule is COC1CCCC(O)(C2(C#N)CCOCC2)C1. The third kappa shape index (κ3) is 2.20. The highest BCUT2D eigenvalue weighted by atomic mass is 16.5. The van der Waals surface area contributed by atoms with E-state index in [9.17, 15) is 10.4 Å². The molecule has 2 unspecified atom stereocenters.